The third-order valence-corrected chi connectivity index (χ3v) is 3.82. The molecule has 0 heterocycles. The number of rotatable bonds is 16. The standard InChI is InChI=1S/C17H36O2/c18-16-14-12-10-8-6-4-2-1-3-5-7-9-11-13-15-17-19/h18-19H,1-17H2. The highest BCUT2D eigenvalue weighted by molar-refractivity contribution is 4.49. The topological polar surface area (TPSA) is 40.5 Å². The quantitative estimate of drug-likeness (QED) is 0.395. The van der Waals surface area contributed by atoms with Crippen LogP contribution in [0.1, 0.15) is 96.3 Å². The average molecular weight is 272 g/mol. The molecular formula is C17H36O2. The summed E-state index contributed by atoms with van der Waals surface area (Å²) in [5.41, 5.74) is 0. The Hall–Kier alpha value is -0.0800. The third-order valence-electron chi connectivity index (χ3n) is 3.82. The minimum atomic E-state index is 0.361. The molecule has 0 fully saturated rings. The van der Waals surface area contributed by atoms with Gasteiger partial charge in [0.25, 0.3) is 0 Å². The Balaban J connectivity index is 2.88. The average Bonchev–Trinajstić information content (AvgIpc) is 2.43. The zero-order chi connectivity index (χ0) is 14.0. The zero-order valence-electron chi connectivity index (χ0n) is 12.9. The lowest BCUT2D eigenvalue weighted by Gasteiger charge is -2.03. The molecule has 2 N–H and O–H groups in total. The molecule has 0 radical (unpaired) electrons. The van der Waals surface area contributed by atoms with E-state index in [-0.39, 0.29) is 0 Å². The van der Waals surface area contributed by atoms with Gasteiger partial charge in [-0.2, -0.15) is 0 Å². The van der Waals surface area contributed by atoms with Crippen molar-refractivity contribution in [1.29, 1.82) is 0 Å². The van der Waals surface area contributed by atoms with Gasteiger partial charge in [0.15, 0.2) is 0 Å². The van der Waals surface area contributed by atoms with Crippen molar-refractivity contribution in [2.75, 3.05) is 13.2 Å². The van der Waals surface area contributed by atoms with E-state index in [0.29, 0.717) is 13.2 Å². The molecule has 0 aromatic heterocycles. The van der Waals surface area contributed by atoms with E-state index < -0.39 is 0 Å². The monoisotopic (exact) mass is 272 g/mol. The molecule has 0 bridgehead atoms. The van der Waals surface area contributed by atoms with E-state index in [1.165, 1.54) is 83.5 Å². The number of aliphatic hydroxyl groups is 2. The first-order valence-corrected chi connectivity index (χ1v) is 8.63. The molecule has 0 saturated carbocycles. The number of hydrogen-bond donors (Lipinski definition) is 2. The van der Waals surface area contributed by atoms with Gasteiger partial charge in [-0.25, -0.2) is 0 Å². The first-order valence-electron chi connectivity index (χ1n) is 8.63. The third kappa shape index (κ3) is 17.9. The highest BCUT2D eigenvalue weighted by Crippen LogP contribution is 2.13. The maximum atomic E-state index is 8.66. The van der Waals surface area contributed by atoms with Gasteiger partial charge in [0.05, 0.1) is 0 Å². The Bertz CT molecular complexity index is 132. The normalized spacial score (nSPS) is 11.1. The summed E-state index contributed by atoms with van der Waals surface area (Å²) >= 11 is 0. The fourth-order valence-corrected chi connectivity index (χ4v) is 2.52. The van der Waals surface area contributed by atoms with Crippen LogP contribution in [0, 0.1) is 0 Å². The lowest BCUT2D eigenvalue weighted by Crippen LogP contribution is -1.85. The van der Waals surface area contributed by atoms with Gasteiger partial charge in [0.1, 0.15) is 0 Å². The van der Waals surface area contributed by atoms with Crippen molar-refractivity contribution in [3.8, 4) is 0 Å². The van der Waals surface area contributed by atoms with E-state index >= 15 is 0 Å². The molecule has 0 aromatic carbocycles. The molecule has 2 heteroatoms. The maximum absolute atomic E-state index is 8.66. The minimum absolute atomic E-state index is 0.361. The van der Waals surface area contributed by atoms with Gasteiger partial charge < -0.3 is 10.2 Å². The number of aliphatic hydroxyl groups excluding tert-OH is 2. The fourth-order valence-electron chi connectivity index (χ4n) is 2.52. The van der Waals surface area contributed by atoms with E-state index in [0.717, 1.165) is 12.8 Å². The van der Waals surface area contributed by atoms with Crippen molar-refractivity contribution < 1.29 is 10.2 Å². The molecular weight excluding hydrogens is 236 g/mol. The van der Waals surface area contributed by atoms with Crippen molar-refractivity contribution in [3.05, 3.63) is 0 Å². The zero-order valence-corrected chi connectivity index (χ0v) is 12.9. The largest absolute Gasteiger partial charge is 0.396 e. The van der Waals surface area contributed by atoms with Crippen molar-refractivity contribution >= 4 is 0 Å². The molecule has 19 heavy (non-hydrogen) atoms. The number of unbranched alkanes of at least 4 members (excludes halogenated alkanes) is 14. The Morgan fingerprint density at radius 3 is 0.579 bits per heavy atom. The summed E-state index contributed by atoms with van der Waals surface area (Å²) in [6.45, 7) is 0.722. The van der Waals surface area contributed by atoms with Crippen LogP contribution in [0.5, 0.6) is 0 Å². The highest BCUT2D eigenvalue weighted by atomic mass is 16.3. The predicted octanol–water partition coefficient (Wildman–Crippen LogP) is 4.82. The van der Waals surface area contributed by atoms with Gasteiger partial charge in [-0.1, -0.05) is 83.5 Å². The summed E-state index contributed by atoms with van der Waals surface area (Å²) in [4.78, 5) is 0. The van der Waals surface area contributed by atoms with E-state index in [2.05, 4.69) is 0 Å². The van der Waals surface area contributed by atoms with E-state index in [4.69, 9.17) is 10.2 Å². The van der Waals surface area contributed by atoms with Crippen LogP contribution in [-0.2, 0) is 0 Å². The molecule has 0 saturated heterocycles. The van der Waals surface area contributed by atoms with E-state index in [9.17, 15) is 0 Å². The smallest absolute Gasteiger partial charge is 0.0431 e. The Morgan fingerprint density at radius 2 is 0.421 bits per heavy atom. The van der Waals surface area contributed by atoms with Gasteiger partial charge in [-0.15, -0.1) is 0 Å². The summed E-state index contributed by atoms with van der Waals surface area (Å²) < 4.78 is 0. The summed E-state index contributed by atoms with van der Waals surface area (Å²) in [6.07, 6.45) is 19.5. The van der Waals surface area contributed by atoms with Crippen LogP contribution >= 0.6 is 0 Å². The predicted molar refractivity (Wildman–Crippen MR) is 83.4 cm³/mol. The lowest BCUT2D eigenvalue weighted by atomic mass is 10.0. The summed E-state index contributed by atoms with van der Waals surface area (Å²) in [6, 6.07) is 0. The van der Waals surface area contributed by atoms with Crippen molar-refractivity contribution in [2.45, 2.75) is 96.3 Å². The van der Waals surface area contributed by atoms with Gasteiger partial charge in [-0.05, 0) is 12.8 Å². The minimum Gasteiger partial charge on any atom is -0.396 e. The Kier molecular flexibility index (Phi) is 17.8. The molecule has 0 aromatic rings. The van der Waals surface area contributed by atoms with E-state index in [1.54, 1.807) is 0 Å². The molecule has 116 valence electrons. The van der Waals surface area contributed by atoms with Gasteiger partial charge in [0, 0.05) is 13.2 Å². The molecule has 2 nitrogen and oxygen atoms in total. The SMILES string of the molecule is OCCCCCCCCCCCCCCCCCO. The van der Waals surface area contributed by atoms with E-state index in [1.807, 2.05) is 0 Å². The Labute approximate surface area is 120 Å². The van der Waals surface area contributed by atoms with Crippen LogP contribution < -0.4 is 0 Å². The molecule has 0 aliphatic heterocycles. The second-order valence-corrected chi connectivity index (χ2v) is 5.75. The van der Waals surface area contributed by atoms with Crippen LogP contribution in [-0.4, -0.2) is 23.4 Å². The molecule has 0 atom stereocenters. The van der Waals surface area contributed by atoms with Crippen molar-refractivity contribution in [2.24, 2.45) is 0 Å². The maximum Gasteiger partial charge on any atom is 0.0431 e. The van der Waals surface area contributed by atoms with Crippen LogP contribution in [0.25, 0.3) is 0 Å². The molecule has 0 aliphatic rings. The van der Waals surface area contributed by atoms with Crippen LogP contribution in [0.2, 0.25) is 0 Å². The van der Waals surface area contributed by atoms with Gasteiger partial charge in [-0.3, -0.25) is 0 Å². The summed E-state index contributed by atoms with van der Waals surface area (Å²) in [5, 5.41) is 17.3. The van der Waals surface area contributed by atoms with Crippen LogP contribution in [0.4, 0.5) is 0 Å². The Morgan fingerprint density at radius 1 is 0.263 bits per heavy atom. The number of hydrogen-bond acceptors (Lipinski definition) is 2. The van der Waals surface area contributed by atoms with Crippen molar-refractivity contribution in [3.63, 3.8) is 0 Å². The van der Waals surface area contributed by atoms with Crippen LogP contribution in [0.15, 0.2) is 0 Å². The first-order chi connectivity index (χ1) is 9.41. The summed E-state index contributed by atoms with van der Waals surface area (Å²) in [5.74, 6) is 0. The summed E-state index contributed by atoms with van der Waals surface area (Å²) in [7, 11) is 0. The lowest BCUT2D eigenvalue weighted by molar-refractivity contribution is 0.282. The highest BCUT2D eigenvalue weighted by Gasteiger charge is 1.94. The molecule has 0 rings (SSSR count). The van der Waals surface area contributed by atoms with Gasteiger partial charge >= 0.3 is 0 Å². The van der Waals surface area contributed by atoms with Gasteiger partial charge in [0.2, 0.25) is 0 Å². The second kappa shape index (κ2) is 17.9. The molecule has 0 aliphatic carbocycles. The fraction of sp³-hybridized carbons (Fsp3) is 1.00. The first kappa shape index (κ1) is 18.9. The molecule has 0 unspecified atom stereocenters. The van der Waals surface area contributed by atoms with Crippen LogP contribution in [0.3, 0.4) is 0 Å². The molecule has 0 spiro atoms. The second-order valence-electron chi connectivity index (χ2n) is 5.75. The molecule has 0 amide bonds. The van der Waals surface area contributed by atoms with Crippen molar-refractivity contribution in [1.82, 2.24) is 0 Å².